The SMILES string of the molecule is O=C(NCc1ccc(F)c(Cl)c1)[C@@H]1CC12CCS(=O)(=O)CC2. The quantitative estimate of drug-likeness (QED) is 0.914. The monoisotopic (exact) mass is 345 g/mol. The Labute approximate surface area is 134 Å². The first-order valence-electron chi connectivity index (χ1n) is 7.23. The van der Waals surface area contributed by atoms with Crippen molar-refractivity contribution in [3.63, 3.8) is 0 Å². The van der Waals surface area contributed by atoms with E-state index in [0.717, 1.165) is 12.0 Å². The van der Waals surface area contributed by atoms with E-state index >= 15 is 0 Å². The molecule has 1 heterocycles. The van der Waals surface area contributed by atoms with Crippen molar-refractivity contribution in [3.8, 4) is 0 Å². The zero-order valence-corrected chi connectivity index (χ0v) is 13.5. The summed E-state index contributed by atoms with van der Waals surface area (Å²) in [5.41, 5.74) is 0.621. The van der Waals surface area contributed by atoms with Gasteiger partial charge in [-0.25, -0.2) is 12.8 Å². The van der Waals surface area contributed by atoms with Crippen molar-refractivity contribution in [2.45, 2.75) is 25.8 Å². The van der Waals surface area contributed by atoms with Gasteiger partial charge in [-0.1, -0.05) is 17.7 Å². The molecule has 0 aromatic heterocycles. The number of nitrogens with one attached hydrogen (secondary N) is 1. The molecular weight excluding hydrogens is 329 g/mol. The summed E-state index contributed by atoms with van der Waals surface area (Å²) in [6, 6.07) is 4.35. The zero-order chi connectivity index (χ0) is 16.0. The van der Waals surface area contributed by atoms with Gasteiger partial charge in [-0.2, -0.15) is 0 Å². The fourth-order valence-corrected chi connectivity index (χ4v) is 5.02. The normalized spacial score (nSPS) is 24.9. The molecule has 7 heteroatoms. The third-order valence-corrected chi connectivity index (χ3v) is 6.72. The lowest BCUT2D eigenvalue weighted by Gasteiger charge is -2.22. The Balaban J connectivity index is 1.55. The van der Waals surface area contributed by atoms with E-state index in [-0.39, 0.29) is 33.8 Å². The first-order chi connectivity index (χ1) is 10.3. The number of amides is 1. The molecule has 3 rings (SSSR count). The first kappa shape index (κ1) is 15.7. The molecule has 4 nitrogen and oxygen atoms in total. The van der Waals surface area contributed by atoms with E-state index in [1.165, 1.54) is 12.1 Å². The van der Waals surface area contributed by atoms with Crippen LogP contribution in [0.2, 0.25) is 5.02 Å². The molecule has 1 aromatic rings. The highest BCUT2D eigenvalue weighted by Gasteiger charge is 2.59. The fourth-order valence-electron chi connectivity index (χ4n) is 3.18. The molecule has 1 spiro atoms. The molecule has 0 unspecified atom stereocenters. The van der Waals surface area contributed by atoms with Crippen LogP contribution in [0, 0.1) is 17.2 Å². The molecule has 0 bridgehead atoms. The Morgan fingerprint density at radius 2 is 2.05 bits per heavy atom. The maximum absolute atomic E-state index is 13.1. The van der Waals surface area contributed by atoms with Crippen LogP contribution >= 0.6 is 11.6 Å². The number of carbonyl (C=O) groups excluding carboxylic acids is 1. The Morgan fingerprint density at radius 3 is 2.68 bits per heavy atom. The van der Waals surface area contributed by atoms with Gasteiger partial charge in [0.15, 0.2) is 0 Å². The van der Waals surface area contributed by atoms with Crippen LogP contribution in [-0.4, -0.2) is 25.8 Å². The van der Waals surface area contributed by atoms with E-state index in [1.54, 1.807) is 6.07 Å². The van der Waals surface area contributed by atoms with Crippen LogP contribution in [0.25, 0.3) is 0 Å². The standard InChI is InChI=1S/C15H17ClFNO3S/c16-12-7-10(1-2-13(12)17)9-18-14(19)11-8-15(11)3-5-22(20,21)6-4-15/h1-2,7,11H,3-6,8-9H2,(H,18,19)/t11-/m0/s1. The molecule has 1 atom stereocenters. The molecule has 1 N–H and O–H groups in total. The molecule has 1 amide bonds. The van der Waals surface area contributed by atoms with Crippen LogP contribution in [-0.2, 0) is 21.2 Å². The molecule has 2 aliphatic rings. The van der Waals surface area contributed by atoms with Crippen LogP contribution < -0.4 is 5.32 Å². The summed E-state index contributed by atoms with van der Waals surface area (Å²) in [5.74, 6) is -0.269. The van der Waals surface area contributed by atoms with Crippen LogP contribution in [0.4, 0.5) is 4.39 Å². The van der Waals surface area contributed by atoms with Gasteiger partial charge in [-0.3, -0.25) is 4.79 Å². The van der Waals surface area contributed by atoms with Crippen molar-refractivity contribution in [3.05, 3.63) is 34.6 Å². The fraction of sp³-hybridized carbons (Fsp3) is 0.533. The van der Waals surface area contributed by atoms with Crippen molar-refractivity contribution in [2.75, 3.05) is 11.5 Å². The summed E-state index contributed by atoms with van der Waals surface area (Å²) in [7, 11) is -2.91. The molecule has 22 heavy (non-hydrogen) atoms. The van der Waals surface area contributed by atoms with Gasteiger partial charge >= 0.3 is 0 Å². The number of sulfone groups is 1. The summed E-state index contributed by atoms with van der Waals surface area (Å²) in [6.07, 6.45) is 1.92. The van der Waals surface area contributed by atoms with Crippen LogP contribution in [0.15, 0.2) is 18.2 Å². The highest BCUT2D eigenvalue weighted by atomic mass is 35.5. The Kier molecular flexibility index (Phi) is 3.93. The zero-order valence-electron chi connectivity index (χ0n) is 11.9. The highest BCUT2D eigenvalue weighted by Crippen LogP contribution is 2.59. The molecule has 1 aromatic carbocycles. The summed E-state index contributed by atoms with van der Waals surface area (Å²) >= 11 is 5.70. The molecule has 120 valence electrons. The topological polar surface area (TPSA) is 63.2 Å². The number of benzene rings is 1. The average Bonchev–Trinajstić information content (AvgIpc) is 3.18. The Bertz CT molecular complexity index is 705. The predicted molar refractivity (Wildman–Crippen MR) is 81.7 cm³/mol. The molecule has 1 aliphatic heterocycles. The number of hydrogen-bond acceptors (Lipinski definition) is 3. The van der Waals surface area contributed by atoms with Gasteiger partial charge in [0.25, 0.3) is 0 Å². The van der Waals surface area contributed by atoms with Crippen molar-refractivity contribution >= 4 is 27.3 Å². The third-order valence-electron chi connectivity index (χ3n) is 4.78. The molecule has 2 fully saturated rings. The number of hydrogen-bond donors (Lipinski definition) is 1. The minimum atomic E-state index is -2.91. The first-order valence-corrected chi connectivity index (χ1v) is 9.43. The number of rotatable bonds is 3. The van der Waals surface area contributed by atoms with Crippen molar-refractivity contribution in [2.24, 2.45) is 11.3 Å². The second-order valence-corrected chi connectivity index (χ2v) is 8.95. The smallest absolute Gasteiger partial charge is 0.223 e. The minimum absolute atomic E-state index is 0.0344. The number of halogens is 2. The molecule has 1 saturated carbocycles. The van der Waals surface area contributed by atoms with Crippen LogP contribution in [0.5, 0.6) is 0 Å². The van der Waals surface area contributed by atoms with Gasteiger partial charge in [0.2, 0.25) is 5.91 Å². The second kappa shape index (κ2) is 5.49. The minimum Gasteiger partial charge on any atom is -0.352 e. The summed E-state index contributed by atoms with van der Waals surface area (Å²) in [6.45, 7) is 0.295. The average molecular weight is 346 g/mol. The third kappa shape index (κ3) is 3.13. The maximum atomic E-state index is 13.1. The van der Waals surface area contributed by atoms with E-state index in [0.29, 0.717) is 19.4 Å². The predicted octanol–water partition coefficient (Wildman–Crippen LogP) is 2.31. The highest BCUT2D eigenvalue weighted by molar-refractivity contribution is 7.91. The van der Waals surface area contributed by atoms with Crippen molar-refractivity contribution < 1.29 is 17.6 Å². The Hall–Kier alpha value is -1.14. The van der Waals surface area contributed by atoms with Gasteiger partial charge in [-0.05, 0) is 42.4 Å². The van der Waals surface area contributed by atoms with Gasteiger partial charge < -0.3 is 5.32 Å². The lowest BCUT2D eigenvalue weighted by Crippen LogP contribution is -2.31. The van der Waals surface area contributed by atoms with Gasteiger partial charge in [-0.15, -0.1) is 0 Å². The van der Waals surface area contributed by atoms with Crippen LogP contribution in [0.1, 0.15) is 24.8 Å². The maximum Gasteiger partial charge on any atom is 0.223 e. The lowest BCUT2D eigenvalue weighted by atomic mass is 9.96. The van der Waals surface area contributed by atoms with E-state index in [4.69, 9.17) is 11.6 Å². The number of carbonyl (C=O) groups is 1. The lowest BCUT2D eigenvalue weighted by molar-refractivity contribution is -0.123. The van der Waals surface area contributed by atoms with E-state index < -0.39 is 15.7 Å². The molecule has 1 saturated heterocycles. The van der Waals surface area contributed by atoms with E-state index in [9.17, 15) is 17.6 Å². The molecular formula is C15H17ClFNO3S. The Morgan fingerprint density at radius 1 is 1.36 bits per heavy atom. The van der Waals surface area contributed by atoms with Crippen molar-refractivity contribution in [1.29, 1.82) is 0 Å². The van der Waals surface area contributed by atoms with Crippen LogP contribution in [0.3, 0.4) is 0 Å². The van der Waals surface area contributed by atoms with Gasteiger partial charge in [0.05, 0.1) is 16.5 Å². The second-order valence-electron chi connectivity index (χ2n) is 6.24. The summed E-state index contributed by atoms with van der Waals surface area (Å²) in [5, 5.41) is 2.86. The largest absolute Gasteiger partial charge is 0.352 e. The summed E-state index contributed by atoms with van der Waals surface area (Å²) < 4.78 is 36.0. The van der Waals surface area contributed by atoms with Gasteiger partial charge in [0.1, 0.15) is 15.7 Å². The summed E-state index contributed by atoms with van der Waals surface area (Å²) in [4.78, 5) is 12.2. The van der Waals surface area contributed by atoms with Crippen molar-refractivity contribution in [1.82, 2.24) is 5.32 Å². The molecule has 0 radical (unpaired) electrons. The van der Waals surface area contributed by atoms with E-state index in [2.05, 4.69) is 5.32 Å². The van der Waals surface area contributed by atoms with Gasteiger partial charge in [0, 0.05) is 12.5 Å². The molecule has 1 aliphatic carbocycles. The van der Waals surface area contributed by atoms with E-state index in [1.807, 2.05) is 0 Å².